The van der Waals surface area contributed by atoms with Crippen LogP contribution < -0.4 is 5.32 Å². The molecule has 2 N–H and O–H groups in total. The summed E-state index contributed by atoms with van der Waals surface area (Å²) in [6.45, 7) is 5.22. The van der Waals surface area contributed by atoms with E-state index in [2.05, 4.69) is 34.0 Å². The number of benzene rings is 1. The molecule has 0 bridgehead atoms. The zero-order valence-corrected chi connectivity index (χ0v) is 19.7. The quantitative estimate of drug-likeness (QED) is 0.484. The molecule has 0 saturated heterocycles. The standard InChI is InChI=1S/C26H25F3N4O3/c1-15(2)23-22-19(14-33(23)13-16-3-6-20(7-4-16)26(27,28)29)9-18(11-31-22)24(34)32-12-21-8-5-17(10-30-21)25(35)36/h3-11,15,23H,12-14H2,1-2H3,(H,32,34)(H,35,36). The Hall–Kier alpha value is -3.79. The molecule has 0 saturated carbocycles. The number of carboxylic acids is 1. The number of carbonyl (C=O) groups is 2. The molecule has 2 aromatic heterocycles. The number of fused-ring (bicyclic) bond motifs is 1. The summed E-state index contributed by atoms with van der Waals surface area (Å²) < 4.78 is 38.7. The molecular formula is C26H25F3N4O3. The Morgan fingerprint density at radius 2 is 1.78 bits per heavy atom. The van der Waals surface area contributed by atoms with Gasteiger partial charge in [-0.05, 0) is 47.4 Å². The number of carbonyl (C=O) groups excluding carboxylic acids is 1. The topological polar surface area (TPSA) is 95.4 Å². The summed E-state index contributed by atoms with van der Waals surface area (Å²) in [4.78, 5) is 34.4. The van der Waals surface area contributed by atoms with E-state index in [1.165, 1.54) is 36.7 Å². The number of hydrogen-bond acceptors (Lipinski definition) is 5. The molecule has 4 rings (SSSR count). The summed E-state index contributed by atoms with van der Waals surface area (Å²) >= 11 is 0. The normalized spacial score (nSPS) is 15.7. The summed E-state index contributed by atoms with van der Waals surface area (Å²) in [5, 5.41) is 11.7. The average molecular weight is 499 g/mol. The van der Waals surface area contributed by atoms with E-state index in [-0.39, 0.29) is 30.0 Å². The van der Waals surface area contributed by atoms with Crippen molar-refractivity contribution in [1.82, 2.24) is 20.2 Å². The van der Waals surface area contributed by atoms with Crippen molar-refractivity contribution in [1.29, 1.82) is 0 Å². The number of carboxylic acid groups (broad SMARTS) is 1. The number of aromatic nitrogens is 2. The van der Waals surface area contributed by atoms with E-state index in [0.29, 0.717) is 24.3 Å². The van der Waals surface area contributed by atoms with Crippen LogP contribution in [0, 0.1) is 5.92 Å². The zero-order valence-electron chi connectivity index (χ0n) is 19.7. The van der Waals surface area contributed by atoms with Crippen LogP contribution in [0.3, 0.4) is 0 Å². The molecule has 1 aliphatic heterocycles. The maximum atomic E-state index is 12.9. The fourth-order valence-corrected chi connectivity index (χ4v) is 4.38. The zero-order chi connectivity index (χ0) is 26.0. The predicted octanol–water partition coefficient (Wildman–Crippen LogP) is 4.84. The molecular weight excluding hydrogens is 473 g/mol. The molecule has 1 aliphatic rings. The first kappa shape index (κ1) is 25.3. The second-order valence-corrected chi connectivity index (χ2v) is 9.08. The number of hydrogen-bond donors (Lipinski definition) is 2. The molecule has 3 heterocycles. The number of pyridine rings is 2. The minimum atomic E-state index is -4.37. The van der Waals surface area contributed by atoms with Gasteiger partial charge in [-0.2, -0.15) is 13.2 Å². The van der Waals surface area contributed by atoms with E-state index in [9.17, 15) is 22.8 Å². The number of nitrogens with zero attached hydrogens (tertiary/aromatic N) is 3. The van der Waals surface area contributed by atoms with Gasteiger partial charge < -0.3 is 10.4 Å². The van der Waals surface area contributed by atoms with Crippen LogP contribution in [0.1, 0.15) is 68.7 Å². The van der Waals surface area contributed by atoms with Crippen molar-refractivity contribution in [2.75, 3.05) is 0 Å². The molecule has 1 unspecified atom stereocenters. The first-order valence-electron chi connectivity index (χ1n) is 11.4. The van der Waals surface area contributed by atoms with E-state index in [4.69, 9.17) is 5.11 Å². The fraction of sp³-hybridized carbons (Fsp3) is 0.308. The van der Waals surface area contributed by atoms with Crippen molar-refractivity contribution in [3.8, 4) is 0 Å². The van der Waals surface area contributed by atoms with Gasteiger partial charge in [0.2, 0.25) is 0 Å². The highest BCUT2D eigenvalue weighted by Crippen LogP contribution is 2.39. The van der Waals surface area contributed by atoms with Crippen LogP contribution in [0.25, 0.3) is 0 Å². The monoisotopic (exact) mass is 498 g/mol. The van der Waals surface area contributed by atoms with Crippen molar-refractivity contribution in [2.24, 2.45) is 5.92 Å². The minimum Gasteiger partial charge on any atom is -0.478 e. The van der Waals surface area contributed by atoms with E-state index in [0.717, 1.165) is 29.0 Å². The first-order valence-corrected chi connectivity index (χ1v) is 11.4. The third kappa shape index (κ3) is 5.54. The van der Waals surface area contributed by atoms with Gasteiger partial charge in [0.15, 0.2) is 0 Å². The van der Waals surface area contributed by atoms with E-state index in [1.807, 2.05) is 0 Å². The number of nitrogens with one attached hydrogen (secondary N) is 1. The van der Waals surface area contributed by atoms with Gasteiger partial charge in [0.25, 0.3) is 5.91 Å². The molecule has 0 radical (unpaired) electrons. The lowest BCUT2D eigenvalue weighted by Crippen LogP contribution is -2.26. The molecule has 3 aromatic rings. The second-order valence-electron chi connectivity index (χ2n) is 9.08. The molecule has 36 heavy (non-hydrogen) atoms. The maximum absolute atomic E-state index is 12.9. The summed E-state index contributed by atoms with van der Waals surface area (Å²) in [6.07, 6.45) is -1.62. The van der Waals surface area contributed by atoms with Crippen LogP contribution in [-0.4, -0.2) is 31.9 Å². The number of rotatable bonds is 7. The highest BCUT2D eigenvalue weighted by Gasteiger charge is 2.35. The van der Waals surface area contributed by atoms with Crippen LogP contribution in [-0.2, 0) is 25.8 Å². The van der Waals surface area contributed by atoms with Crippen LogP contribution in [0.4, 0.5) is 13.2 Å². The second kappa shape index (κ2) is 10.1. The Labute approximate surface area is 206 Å². The molecule has 0 aliphatic carbocycles. The molecule has 0 spiro atoms. The highest BCUT2D eigenvalue weighted by atomic mass is 19.4. The summed E-state index contributed by atoms with van der Waals surface area (Å²) in [5.74, 6) is -1.21. The third-order valence-corrected chi connectivity index (χ3v) is 6.11. The van der Waals surface area contributed by atoms with E-state index in [1.54, 1.807) is 6.07 Å². The summed E-state index contributed by atoms with van der Waals surface area (Å²) in [6, 6.07) is 9.89. The van der Waals surface area contributed by atoms with E-state index < -0.39 is 17.7 Å². The van der Waals surface area contributed by atoms with Crippen LogP contribution in [0.5, 0.6) is 0 Å². The first-order chi connectivity index (χ1) is 17.0. The Balaban J connectivity index is 1.45. The van der Waals surface area contributed by atoms with Crippen molar-refractivity contribution < 1.29 is 27.9 Å². The largest absolute Gasteiger partial charge is 0.478 e. The van der Waals surface area contributed by atoms with Gasteiger partial charge in [0.05, 0.1) is 40.7 Å². The lowest BCUT2D eigenvalue weighted by atomic mass is 9.99. The SMILES string of the molecule is CC(C)C1c2ncc(C(=O)NCc3ccc(C(=O)O)cn3)cc2CN1Cc1ccc(C(F)(F)F)cc1. The maximum Gasteiger partial charge on any atom is 0.416 e. The van der Waals surface area contributed by atoms with Crippen LogP contribution >= 0.6 is 0 Å². The predicted molar refractivity (Wildman–Crippen MR) is 125 cm³/mol. The molecule has 7 nitrogen and oxygen atoms in total. The molecule has 188 valence electrons. The number of amides is 1. The smallest absolute Gasteiger partial charge is 0.416 e. The molecule has 1 amide bonds. The van der Waals surface area contributed by atoms with Crippen molar-refractivity contribution >= 4 is 11.9 Å². The van der Waals surface area contributed by atoms with Gasteiger partial charge in [-0.15, -0.1) is 0 Å². The van der Waals surface area contributed by atoms with Crippen molar-refractivity contribution in [3.05, 3.63) is 94.1 Å². The highest BCUT2D eigenvalue weighted by molar-refractivity contribution is 5.94. The van der Waals surface area contributed by atoms with Gasteiger partial charge in [0, 0.05) is 25.5 Å². The van der Waals surface area contributed by atoms with Gasteiger partial charge in [-0.3, -0.25) is 19.7 Å². The fourth-order valence-electron chi connectivity index (χ4n) is 4.38. The van der Waals surface area contributed by atoms with E-state index >= 15 is 0 Å². The number of halogens is 3. The van der Waals surface area contributed by atoms with Gasteiger partial charge >= 0.3 is 12.1 Å². The minimum absolute atomic E-state index is 0.0312. The lowest BCUT2D eigenvalue weighted by molar-refractivity contribution is -0.137. The average Bonchev–Trinajstić information content (AvgIpc) is 3.19. The Bertz CT molecular complexity index is 1260. The Morgan fingerprint density at radius 1 is 1.08 bits per heavy atom. The van der Waals surface area contributed by atoms with Crippen LogP contribution in [0.15, 0.2) is 54.9 Å². The molecule has 1 aromatic carbocycles. The summed E-state index contributed by atoms with van der Waals surface area (Å²) in [5.41, 5.74) is 2.81. The number of alkyl halides is 3. The summed E-state index contributed by atoms with van der Waals surface area (Å²) in [7, 11) is 0. The van der Waals surface area contributed by atoms with Gasteiger partial charge in [-0.25, -0.2) is 4.79 Å². The molecule has 1 atom stereocenters. The third-order valence-electron chi connectivity index (χ3n) is 6.11. The van der Waals surface area contributed by atoms with Crippen molar-refractivity contribution in [2.45, 2.75) is 45.7 Å². The Kier molecular flexibility index (Phi) is 7.07. The van der Waals surface area contributed by atoms with Crippen LogP contribution in [0.2, 0.25) is 0 Å². The van der Waals surface area contributed by atoms with Crippen molar-refractivity contribution in [3.63, 3.8) is 0 Å². The lowest BCUT2D eigenvalue weighted by Gasteiger charge is -2.27. The Morgan fingerprint density at radius 3 is 2.36 bits per heavy atom. The number of aromatic carboxylic acids is 1. The molecule has 0 fully saturated rings. The van der Waals surface area contributed by atoms with Gasteiger partial charge in [-0.1, -0.05) is 26.0 Å². The van der Waals surface area contributed by atoms with Gasteiger partial charge in [0.1, 0.15) is 0 Å². The molecule has 10 heteroatoms.